The van der Waals surface area contributed by atoms with Crippen LogP contribution < -0.4 is 5.32 Å². The van der Waals surface area contributed by atoms with E-state index in [0.29, 0.717) is 5.92 Å². The summed E-state index contributed by atoms with van der Waals surface area (Å²) in [5.74, 6) is 0.413. The molecule has 0 aromatic heterocycles. The second-order valence-electron chi connectivity index (χ2n) is 5.90. The van der Waals surface area contributed by atoms with Gasteiger partial charge in [0.1, 0.15) is 6.17 Å². The van der Waals surface area contributed by atoms with Crippen LogP contribution in [0.5, 0.6) is 0 Å². The van der Waals surface area contributed by atoms with E-state index in [-0.39, 0.29) is 24.1 Å². The third kappa shape index (κ3) is 2.52. The van der Waals surface area contributed by atoms with Gasteiger partial charge >= 0.3 is 6.18 Å². The molecule has 1 aromatic carbocycles. The minimum Gasteiger partial charge on any atom is -0.319 e. The Bertz CT molecular complexity index is 552. The first-order chi connectivity index (χ1) is 9.88. The van der Waals surface area contributed by atoms with E-state index in [1.54, 1.807) is 11.0 Å². The second kappa shape index (κ2) is 5.02. The zero-order valence-corrected chi connectivity index (χ0v) is 11.7. The van der Waals surface area contributed by atoms with Gasteiger partial charge in [0, 0.05) is 11.6 Å². The maximum atomic E-state index is 13.2. The number of halogens is 3. The Labute approximate surface area is 121 Å². The zero-order valence-electron chi connectivity index (χ0n) is 11.7. The van der Waals surface area contributed by atoms with E-state index in [0.717, 1.165) is 18.9 Å². The molecule has 1 aliphatic heterocycles. The van der Waals surface area contributed by atoms with Crippen LogP contribution in [-0.4, -0.2) is 23.4 Å². The summed E-state index contributed by atoms with van der Waals surface area (Å²) in [4.78, 5) is 13.6. The summed E-state index contributed by atoms with van der Waals surface area (Å²) < 4.78 is 39.5. The molecule has 0 radical (unpaired) electrons. The van der Waals surface area contributed by atoms with Gasteiger partial charge in [-0.25, -0.2) is 0 Å². The van der Waals surface area contributed by atoms with Gasteiger partial charge in [0.25, 0.3) is 0 Å². The third-order valence-corrected chi connectivity index (χ3v) is 4.32. The molecule has 3 nitrogen and oxygen atoms in total. The highest BCUT2D eigenvalue weighted by molar-refractivity contribution is 5.81. The molecule has 1 aromatic rings. The number of hydrogen-bond acceptors (Lipinski definition) is 2. The van der Waals surface area contributed by atoms with Crippen LogP contribution in [0.25, 0.3) is 0 Å². The SMILES string of the molecule is CC1CC(N2C(=O)CNC2c2ccccc2C(F)(F)F)C1. The van der Waals surface area contributed by atoms with Crippen LogP contribution in [0.1, 0.15) is 37.1 Å². The summed E-state index contributed by atoms with van der Waals surface area (Å²) in [6.07, 6.45) is -3.37. The fraction of sp³-hybridized carbons (Fsp3) is 0.533. The van der Waals surface area contributed by atoms with Crippen molar-refractivity contribution in [3.63, 3.8) is 0 Å². The van der Waals surface area contributed by atoms with Crippen molar-refractivity contribution in [1.29, 1.82) is 0 Å². The first-order valence-electron chi connectivity index (χ1n) is 7.08. The van der Waals surface area contributed by atoms with Crippen LogP contribution in [0.2, 0.25) is 0 Å². The van der Waals surface area contributed by atoms with Crippen molar-refractivity contribution in [2.45, 2.75) is 38.1 Å². The molecule has 1 saturated carbocycles. The lowest BCUT2D eigenvalue weighted by Crippen LogP contribution is -2.47. The number of alkyl halides is 3. The molecule has 1 heterocycles. The molecule has 2 fully saturated rings. The lowest BCUT2D eigenvalue weighted by atomic mass is 9.80. The van der Waals surface area contributed by atoms with Crippen LogP contribution in [0.3, 0.4) is 0 Å². The molecule has 6 heteroatoms. The molecule has 0 spiro atoms. The van der Waals surface area contributed by atoms with E-state index in [4.69, 9.17) is 0 Å². The molecule has 0 bridgehead atoms. The van der Waals surface area contributed by atoms with E-state index >= 15 is 0 Å². The fourth-order valence-corrected chi connectivity index (χ4v) is 3.27. The Kier molecular flexibility index (Phi) is 3.43. The van der Waals surface area contributed by atoms with Gasteiger partial charge in [0.2, 0.25) is 5.91 Å². The molecule has 1 unspecified atom stereocenters. The Hall–Kier alpha value is -1.56. The highest BCUT2D eigenvalue weighted by atomic mass is 19.4. The maximum Gasteiger partial charge on any atom is 0.416 e. The molecule has 1 aliphatic carbocycles. The number of nitrogens with zero attached hydrogens (tertiary/aromatic N) is 1. The lowest BCUT2D eigenvalue weighted by molar-refractivity contribution is -0.141. The molecular formula is C15H17F3N2O. The number of nitrogens with one attached hydrogen (secondary N) is 1. The Balaban J connectivity index is 1.94. The molecule has 1 saturated heterocycles. The number of carbonyl (C=O) groups excluding carboxylic acids is 1. The molecule has 2 aliphatic rings. The standard InChI is InChI=1S/C15H17F3N2O/c1-9-6-10(7-9)20-13(21)8-19-14(20)11-4-2-3-5-12(11)15(16,17)18/h2-5,9-10,14,19H,6-8H2,1H3. The average molecular weight is 298 g/mol. The summed E-state index contributed by atoms with van der Waals surface area (Å²) in [5.41, 5.74) is -0.537. The fourth-order valence-electron chi connectivity index (χ4n) is 3.27. The molecule has 21 heavy (non-hydrogen) atoms. The highest BCUT2D eigenvalue weighted by Crippen LogP contribution is 2.41. The first-order valence-corrected chi connectivity index (χ1v) is 7.08. The summed E-state index contributed by atoms with van der Waals surface area (Å²) in [6.45, 7) is 2.19. The van der Waals surface area contributed by atoms with Crippen molar-refractivity contribution in [3.05, 3.63) is 35.4 Å². The van der Waals surface area contributed by atoms with Crippen molar-refractivity contribution < 1.29 is 18.0 Å². The quantitative estimate of drug-likeness (QED) is 0.910. The van der Waals surface area contributed by atoms with E-state index in [2.05, 4.69) is 12.2 Å². The molecule has 114 valence electrons. The van der Waals surface area contributed by atoms with E-state index in [9.17, 15) is 18.0 Å². The van der Waals surface area contributed by atoms with E-state index in [1.165, 1.54) is 12.1 Å². The van der Waals surface area contributed by atoms with Gasteiger partial charge in [-0.2, -0.15) is 13.2 Å². The van der Waals surface area contributed by atoms with Gasteiger partial charge in [-0.05, 0) is 24.8 Å². The number of carbonyl (C=O) groups is 1. The Morgan fingerprint density at radius 1 is 1.24 bits per heavy atom. The second-order valence-corrected chi connectivity index (χ2v) is 5.90. The van der Waals surface area contributed by atoms with Gasteiger partial charge in [0.05, 0.1) is 12.1 Å². The Morgan fingerprint density at radius 3 is 2.52 bits per heavy atom. The molecule has 3 rings (SSSR count). The van der Waals surface area contributed by atoms with Gasteiger partial charge < -0.3 is 4.90 Å². The summed E-state index contributed by atoms with van der Waals surface area (Å²) in [6, 6.07) is 5.53. The van der Waals surface area contributed by atoms with Crippen LogP contribution in [0.4, 0.5) is 13.2 Å². The predicted octanol–water partition coefficient (Wildman–Crippen LogP) is 2.93. The van der Waals surface area contributed by atoms with Crippen molar-refractivity contribution in [2.75, 3.05) is 6.54 Å². The van der Waals surface area contributed by atoms with Gasteiger partial charge in [0.15, 0.2) is 0 Å². The van der Waals surface area contributed by atoms with Crippen molar-refractivity contribution in [1.82, 2.24) is 10.2 Å². The lowest BCUT2D eigenvalue weighted by Gasteiger charge is -2.42. The third-order valence-electron chi connectivity index (χ3n) is 4.32. The van der Waals surface area contributed by atoms with E-state index < -0.39 is 17.9 Å². The highest BCUT2D eigenvalue weighted by Gasteiger charge is 2.44. The zero-order chi connectivity index (χ0) is 15.2. The van der Waals surface area contributed by atoms with Gasteiger partial charge in [-0.1, -0.05) is 25.1 Å². The van der Waals surface area contributed by atoms with Crippen LogP contribution in [0.15, 0.2) is 24.3 Å². The van der Waals surface area contributed by atoms with Crippen LogP contribution in [-0.2, 0) is 11.0 Å². The maximum absolute atomic E-state index is 13.2. The van der Waals surface area contributed by atoms with Gasteiger partial charge in [-0.15, -0.1) is 0 Å². The van der Waals surface area contributed by atoms with Gasteiger partial charge in [-0.3, -0.25) is 10.1 Å². The van der Waals surface area contributed by atoms with Crippen molar-refractivity contribution in [3.8, 4) is 0 Å². The normalized spacial score (nSPS) is 29.6. The molecular weight excluding hydrogens is 281 g/mol. The molecule has 1 N–H and O–H groups in total. The largest absolute Gasteiger partial charge is 0.416 e. The predicted molar refractivity (Wildman–Crippen MR) is 71.2 cm³/mol. The first kappa shape index (κ1) is 14.4. The van der Waals surface area contributed by atoms with Crippen molar-refractivity contribution in [2.24, 2.45) is 5.92 Å². The van der Waals surface area contributed by atoms with Crippen molar-refractivity contribution >= 4 is 5.91 Å². The topological polar surface area (TPSA) is 32.3 Å². The molecule has 1 amide bonds. The Morgan fingerprint density at radius 2 is 1.90 bits per heavy atom. The molecule has 1 atom stereocenters. The minimum atomic E-state index is -4.41. The minimum absolute atomic E-state index is 0.0498. The van der Waals surface area contributed by atoms with E-state index in [1.807, 2.05) is 0 Å². The smallest absolute Gasteiger partial charge is 0.319 e. The number of benzene rings is 1. The monoisotopic (exact) mass is 298 g/mol. The summed E-state index contributed by atoms with van der Waals surface area (Å²) in [5, 5.41) is 2.93. The number of amides is 1. The van der Waals surface area contributed by atoms with Crippen LogP contribution >= 0.6 is 0 Å². The van der Waals surface area contributed by atoms with Crippen LogP contribution in [0, 0.1) is 5.92 Å². The average Bonchev–Trinajstić information content (AvgIpc) is 2.76. The number of rotatable bonds is 2. The number of hydrogen-bond donors (Lipinski definition) is 1. The summed E-state index contributed by atoms with van der Waals surface area (Å²) in [7, 11) is 0. The summed E-state index contributed by atoms with van der Waals surface area (Å²) >= 11 is 0.